The number of hydrogen-bond donors (Lipinski definition) is 2. The first-order chi connectivity index (χ1) is 16.9. The number of allylic oxidation sites excluding steroid dienone is 2. The van der Waals surface area contributed by atoms with Gasteiger partial charge in [-0.05, 0) is 32.1 Å². The van der Waals surface area contributed by atoms with Gasteiger partial charge in [0.15, 0.2) is 0 Å². The largest absolute Gasteiger partial charge is 0.462 e. The maximum Gasteiger partial charge on any atom is 0.305 e. The third kappa shape index (κ3) is 14.2. The van der Waals surface area contributed by atoms with Gasteiger partial charge in [-0.1, -0.05) is 70.3 Å². The molecule has 200 valence electrons. The lowest BCUT2D eigenvalue weighted by molar-refractivity contribution is -0.152. The first-order valence-electron chi connectivity index (χ1n) is 13.4. The highest BCUT2D eigenvalue weighted by Gasteiger charge is 2.39. The number of ketones is 1. The Hall–Kier alpha value is -1.99. The van der Waals surface area contributed by atoms with E-state index in [1.807, 2.05) is 18.2 Å². The Morgan fingerprint density at radius 2 is 1.60 bits per heavy atom. The SMILES string of the molecule is CCCCCC(=O)OCCOC(=O)CCC/C=C\C[C@H]1C(=O)C[C@@H](O)[C@@H]1/C=C/[C@@H](O)CCCCC. The van der Waals surface area contributed by atoms with Crippen LogP contribution in [-0.2, 0) is 23.9 Å². The molecule has 0 aromatic carbocycles. The van der Waals surface area contributed by atoms with Crippen molar-refractivity contribution in [3.05, 3.63) is 24.3 Å². The van der Waals surface area contributed by atoms with Gasteiger partial charge in [0.25, 0.3) is 0 Å². The first kappa shape index (κ1) is 31.0. The minimum Gasteiger partial charge on any atom is -0.462 e. The van der Waals surface area contributed by atoms with E-state index in [4.69, 9.17) is 9.47 Å². The van der Waals surface area contributed by atoms with Crippen LogP contribution in [0.5, 0.6) is 0 Å². The standard InChI is InChI=1S/C28H46O7/c1-3-5-9-13-22(29)17-18-24-23(25(30)21-26(24)31)14-11-7-8-12-16-28(33)35-20-19-34-27(32)15-10-6-4-2/h7,11,17-18,22-24,26,29,31H,3-6,8-10,12-16,19-21H2,1-2H3/b11-7-,18-17+/t22-,23+,24+,26+/m0/s1. The molecule has 1 aliphatic carbocycles. The fourth-order valence-corrected chi connectivity index (χ4v) is 4.18. The molecule has 2 N–H and O–H groups in total. The van der Waals surface area contributed by atoms with Crippen LogP contribution in [0.1, 0.15) is 97.3 Å². The Kier molecular flexibility index (Phi) is 17.1. The van der Waals surface area contributed by atoms with Crippen LogP contribution in [0.3, 0.4) is 0 Å². The lowest BCUT2D eigenvalue weighted by Crippen LogP contribution is -2.18. The van der Waals surface area contributed by atoms with E-state index in [-0.39, 0.29) is 55.6 Å². The molecule has 0 spiro atoms. The molecular formula is C28H46O7. The summed E-state index contributed by atoms with van der Waals surface area (Å²) in [4.78, 5) is 35.6. The third-order valence-electron chi connectivity index (χ3n) is 6.29. The van der Waals surface area contributed by atoms with Gasteiger partial charge in [-0.3, -0.25) is 14.4 Å². The molecule has 1 fully saturated rings. The predicted molar refractivity (Wildman–Crippen MR) is 136 cm³/mol. The van der Waals surface area contributed by atoms with E-state index >= 15 is 0 Å². The summed E-state index contributed by atoms with van der Waals surface area (Å²) in [6.45, 7) is 4.34. The number of unbranched alkanes of at least 4 members (excludes halogenated alkanes) is 5. The molecule has 35 heavy (non-hydrogen) atoms. The molecule has 1 rings (SSSR count). The average Bonchev–Trinajstić information content (AvgIpc) is 3.09. The summed E-state index contributed by atoms with van der Waals surface area (Å²) in [5, 5.41) is 20.4. The van der Waals surface area contributed by atoms with Gasteiger partial charge in [-0.15, -0.1) is 0 Å². The van der Waals surface area contributed by atoms with Gasteiger partial charge in [0.1, 0.15) is 19.0 Å². The zero-order valence-electron chi connectivity index (χ0n) is 21.7. The second-order valence-electron chi connectivity index (χ2n) is 9.37. The molecule has 7 heteroatoms. The minimum atomic E-state index is -0.703. The monoisotopic (exact) mass is 494 g/mol. The Bertz CT molecular complexity index is 670. The van der Waals surface area contributed by atoms with Gasteiger partial charge in [0.2, 0.25) is 0 Å². The molecule has 0 radical (unpaired) electrons. The van der Waals surface area contributed by atoms with Gasteiger partial charge in [-0.25, -0.2) is 0 Å². The average molecular weight is 495 g/mol. The van der Waals surface area contributed by atoms with Gasteiger partial charge >= 0.3 is 11.9 Å². The second-order valence-corrected chi connectivity index (χ2v) is 9.37. The quantitative estimate of drug-likeness (QED) is 0.150. The highest BCUT2D eigenvalue weighted by Crippen LogP contribution is 2.33. The number of aliphatic hydroxyl groups excluding tert-OH is 2. The molecule has 0 aromatic rings. The molecule has 0 amide bonds. The van der Waals surface area contributed by atoms with Crippen molar-refractivity contribution >= 4 is 17.7 Å². The highest BCUT2D eigenvalue weighted by atomic mass is 16.6. The maximum absolute atomic E-state index is 12.3. The van der Waals surface area contributed by atoms with Crippen molar-refractivity contribution in [2.75, 3.05) is 13.2 Å². The zero-order valence-corrected chi connectivity index (χ0v) is 21.7. The number of hydrogen-bond acceptors (Lipinski definition) is 7. The molecule has 1 saturated carbocycles. The van der Waals surface area contributed by atoms with Crippen molar-refractivity contribution in [2.24, 2.45) is 11.8 Å². The van der Waals surface area contributed by atoms with E-state index in [0.29, 0.717) is 32.1 Å². The fraction of sp³-hybridized carbons (Fsp3) is 0.750. The van der Waals surface area contributed by atoms with E-state index in [1.165, 1.54) is 0 Å². The van der Waals surface area contributed by atoms with E-state index in [0.717, 1.165) is 38.5 Å². The topological polar surface area (TPSA) is 110 Å². The summed E-state index contributed by atoms with van der Waals surface area (Å²) in [6, 6.07) is 0. The minimum absolute atomic E-state index is 0.0481. The molecule has 0 aromatic heterocycles. The van der Waals surface area contributed by atoms with Crippen molar-refractivity contribution in [1.82, 2.24) is 0 Å². The molecule has 1 aliphatic rings. The number of carbonyl (C=O) groups is 3. The van der Waals surface area contributed by atoms with Crippen LogP contribution >= 0.6 is 0 Å². The molecule has 0 saturated heterocycles. The maximum atomic E-state index is 12.3. The van der Waals surface area contributed by atoms with Crippen LogP contribution in [-0.4, -0.2) is 53.4 Å². The Morgan fingerprint density at radius 3 is 2.26 bits per heavy atom. The fourth-order valence-electron chi connectivity index (χ4n) is 4.18. The van der Waals surface area contributed by atoms with Crippen LogP contribution < -0.4 is 0 Å². The Labute approximate surface area is 211 Å². The van der Waals surface area contributed by atoms with E-state index in [9.17, 15) is 24.6 Å². The van der Waals surface area contributed by atoms with E-state index in [1.54, 1.807) is 6.08 Å². The number of rotatable bonds is 19. The number of ether oxygens (including phenoxy) is 2. The number of aliphatic hydroxyl groups is 2. The van der Waals surface area contributed by atoms with Crippen LogP contribution in [0.2, 0.25) is 0 Å². The summed E-state index contributed by atoms with van der Waals surface area (Å²) in [5.74, 6) is -1.09. The molecule has 0 heterocycles. The zero-order chi connectivity index (χ0) is 25.9. The van der Waals surface area contributed by atoms with E-state index in [2.05, 4.69) is 13.8 Å². The Balaban J connectivity index is 2.23. The highest BCUT2D eigenvalue weighted by molar-refractivity contribution is 5.84. The lowest BCUT2D eigenvalue weighted by Gasteiger charge is -2.16. The number of esters is 2. The molecular weight excluding hydrogens is 448 g/mol. The van der Waals surface area contributed by atoms with Gasteiger partial charge < -0.3 is 19.7 Å². The van der Waals surface area contributed by atoms with Crippen LogP contribution in [0.15, 0.2) is 24.3 Å². The van der Waals surface area contributed by atoms with Crippen molar-refractivity contribution in [3.8, 4) is 0 Å². The molecule has 7 nitrogen and oxygen atoms in total. The smallest absolute Gasteiger partial charge is 0.305 e. The van der Waals surface area contributed by atoms with Crippen molar-refractivity contribution in [3.63, 3.8) is 0 Å². The molecule has 0 unspecified atom stereocenters. The van der Waals surface area contributed by atoms with Crippen molar-refractivity contribution in [1.29, 1.82) is 0 Å². The summed E-state index contributed by atoms with van der Waals surface area (Å²) in [6.07, 6.45) is 15.5. The van der Waals surface area contributed by atoms with Crippen LogP contribution in [0.4, 0.5) is 0 Å². The molecule has 4 atom stereocenters. The van der Waals surface area contributed by atoms with Crippen LogP contribution in [0.25, 0.3) is 0 Å². The number of Topliss-reactive ketones (excluding diaryl/α,β-unsaturated/α-hetero) is 1. The van der Waals surface area contributed by atoms with Gasteiger partial charge in [0.05, 0.1) is 12.2 Å². The number of carbonyl (C=O) groups excluding carboxylic acids is 3. The summed E-state index contributed by atoms with van der Waals surface area (Å²) in [5.41, 5.74) is 0. The first-order valence-corrected chi connectivity index (χ1v) is 13.4. The van der Waals surface area contributed by atoms with Crippen LogP contribution in [0, 0.1) is 11.8 Å². The normalized spacial score (nSPS) is 21.1. The molecule has 0 aliphatic heterocycles. The summed E-state index contributed by atoms with van der Waals surface area (Å²) < 4.78 is 10.1. The third-order valence-corrected chi connectivity index (χ3v) is 6.29. The second kappa shape index (κ2) is 19.2. The lowest BCUT2D eigenvalue weighted by atomic mass is 9.90. The van der Waals surface area contributed by atoms with Gasteiger partial charge in [-0.2, -0.15) is 0 Å². The van der Waals surface area contributed by atoms with Gasteiger partial charge in [0, 0.05) is 31.1 Å². The van der Waals surface area contributed by atoms with Crippen molar-refractivity contribution in [2.45, 2.75) is 110 Å². The van der Waals surface area contributed by atoms with Crippen molar-refractivity contribution < 1.29 is 34.1 Å². The molecule has 0 bridgehead atoms. The summed E-state index contributed by atoms with van der Waals surface area (Å²) in [7, 11) is 0. The Morgan fingerprint density at radius 1 is 0.971 bits per heavy atom. The van der Waals surface area contributed by atoms with E-state index < -0.39 is 12.2 Å². The predicted octanol–water partition coefficient (Wildman–Crippen LogP) is 4.83. The summed E-state index contributed by atoms with van der Waals surface area (Å²) >= 11 is 0.